The van der Waals surface area contributed by atoms with Crippen molar-refractivity contribution in [2.45, 2.75) is 46.8 Å². The summed E-state index contributed by atoms with van der Waals surface area (Å²) < 4.78 is 10.7. The highest BCUT2D eigenvalue weighted by atomic mass is 16.7. The van der Waals surface area contributed by atoms with E-state index in [9.17, 15) is 4.79 Å². The van der Waals surface area contributed by atoms with E-state index >= 15 is 0 Å². The molecule has 1 atom stereocenters. The minimum absolute atomic E-state index is 0.371. The van der Waals surface area contributed by atoms with Gasteiger partial charge in [0.05, 0.1) is 12.2 Å². The van der Waals surface area contributed by atoms with E-state index in [0.717, 1.165) is 24.0 Å². The van der Waals surface area contributed by atoms with Gasteiger partial charge in [-0.15, -0.1) is 0 Å². The number of hydrogen-bond donors (Lipinski definition) is 1. The number of nitrogen functional groups attached to an aromatic ring is 1. The van der Waals surface area contributed by atoms with E-state index < -0.39 is 6.29 Å². The smallest absolute Gasteiger partial charge is 0.340 e. The molecule has 0 aliphatic rings. The highest BCUT2D eigenvalue weighted by Crippen LogP contribution is 2.20. The number of nitrogens with two attached hydrogens (primary N) is 1. The van der Waals surface area contributed by atoms with Crippen LogP contribution in [0.5, 0.6) is 0 Å². The third-order valence-corrected chi connectivity index (χ3v) is 3.17. The number of hydrogen-bond acceptors (Lipinski definition) is 4. The van der Waals surface area contributed by atoms with Crippen LogP contribution in [-0.2, 0) is 9.47 Å². The number of carbonyl (C=O) groups excluding carboxylic acids is 1. The summed E-state index contributed by atoms with van der Waals surface area (Å²) in [5.41, 5.74) is 8.78. The van der Waals surface area contributed by atoms with Gasteiger partial charge in [0.1, 0.15) is 0 Å². The number of anilines is 1. The Balaban J connectivity index is 2.66. The highest BCUT2D eigenvalue weighted by Gasteiger charge is 2.16. The van der Waals surface area contributed by atoms with Gasteiger partial charge in [0.2, 0.25) is 0 Å². The number of esters is 1. The lowest BCUT2D eigenvalue weighted by molar-refractivity contribution is -0.0985. The second-order valence-electron chi connectivity index (χ2n) is 4.65. The molecule has 4 nitrogen and oxygen atoms in total. The number of benzene rings is 1. The summed E-state index contributed by atoms with van der Waals surface area (Å²) in [6.07, 6.45) is 1.48. The van der Waals surface area contributed by atoms with E-state index in [2.05, 4.69) is 6.92 Å². The molecule has 0 heterocycles. The van der Waals surface area contributed by atoms with Crippen molar-refractivity contribution in [3.63, 3.8) is 0 Å². The Hall–Kier alpha value is -1.55. The molecule has 2 N–H and O–H groups in total. The fourth-order valence-electron chi connectivity index (χ4n) is 1.70. The van der Waals surface area contributed by atoms with Crippen molar-refractivity contribution < 1.29 is 14.3 Å². The third kappa shape index (κ3) is 4.24. The molecule has 1 unspecified atom stereocenters. The molecular formula is C15H23NO3. The van der Waals surface area contributed by atoms with Gasteiger partial charge in [0, 0.05) is 5.69 Å². The molecule has 0 spiro atoms. The molecule has 1 aromatic carbocycles. The summed E-state index contributed by atoms with van der Waals surface area (Å²) in [6.45, 7) is 8.17. The quantitative estimate of drug-likeness (QED) is 0.371. The van der Waals surface area contributed by atoms with Crippen molar-refractivity contribution in [1.82, 2.24) is 0 Å². The van der Waals surface area contributed by atoms with Crippen LogP contribution < -0.4 is 5.73 Å². The SMILES string of the molecule is CCCCOC(C)OC(=O)c1ccc(N)c(C)c1C. The van der Waals surface area contributed by atoms with Gasteiger partial charge in [0.25, 0.3) is 0 Å². The molecular weight excluding hydrogens is 242 g/mol. The Kier molecular flexibility index (Phi) is 5.83. The van der Waals surface area contributed by atoms with Crippen LogP contribution >= 0.6 is 0 Å². The van der Waals surface area contributed by atoms with E-state index in [-0.39, 0.29) is 5.97 Å². The lowest BCUT2D eigenvalue weighted by Gasteiger charge is -2.16. The first-order valence-electron chi connectivity index (χ1n) is 6.65. The minimum Gasteiger partial charge on any atom is -0.432 e. The van der Waals surface area contributed by atoms with Crippen molar-refractivity contribution in [2.24, 2.45) is 0 Å². The molecule has 19 heavy (non-hydrogen) atoms. The maximum absolute atomic E-state index is 12.0. The van der Waals surface area contributed by atoms with Gasteiger partial charge in [-0.1, -0.05) is 13.3 Å². The zero-order chi connectivity index (χ0) is 14.4. The van der Waals surface area contributed by atoms with E-state index in [1.54, 1.807) is 19.1 Å². The number of unbranched alkanes of at least 4 members (excludes halogenated alkanes) is 1. The Morgan fingerprint density at radius 1 is 1.32 bits per heavy atom. The topological polar surface area (TPSA) is 61.5 Å². The Morgan fingerprint density at radius 3 is 2.63 bits per heavy atom. The Morgan fingerprint density at radius 2 is 2.00 bits per heavy atom. The van der Waals surface area contributed by atoms with Crippen LogP contribution in [0, 0.1) is 13.8 Å². The second-order valence-corrected chi connectivity index (χ2v) is 4.65. The van der Waals surface area contributed by atoms with Gasteiger partial charge in [-0.25, -0.2) is 4.79 Å². The van der Waals surface area contributed by atoms with Crippen molar-refractivity contribution in [3.05, 3.63) is 28.8 Å². The summed E-state index contributed by atoms with van der Waals surface area (Å²) in [5, 5.41) is 0. The molecule has 4 heteroatoms. The molecule has 0 amide bonds. The standard InChI is InChI=1S/C15H23NO3/c1-5-6-9-18-12(4)19-15(17)13-7-8-14(16)11(3)10(13)2/h7-8,12H,5-6,9,16H2,1-4H3. The zero-order valence-electron chi connectivity index (χ0n) is 12.2. The summed E-state index contributed by atoms with van der Waals surface area (Å²) in [7, 11) is 0. The van der Waals surface area contributed by atoms with Gasteiger partial charge < -0.3 is 15.2 Å². The van der Waals surface area contributed by atoms with Crippen LogP contribution in [0.2, 0.25) is 0 Å². The van der Waals surface area contributed by atoms with Gasteiger partial charge in [-0.2, -0.15) is 0 Å². The van der Waals surface area contributed by atoms with Gasteiger partial charge in [-0.3, -0.25) is 0 Å². The normalized spacial score (nSPS) is 12.2. The van der Waals surface area contributed by atoms with Crippen LogP contribution in [-0.4, -0.2) is 18.9 Å². The van der Waals surface area contributed by atoms with E-state index in [1.807, 2.05) is 13.8 Å². The zero-order valence-corrected chi connectivity index (χ0v) is 12.2. The average Bonchev–Trinajstić information content (AvgIpc) is 2.36. The van der Waals surface area contributed by atoms with Crippen LogP contribution in [0.3, 0.4) is 0 Å². The summed E-state index contributed by atoms with van der Waals surface area (Å²) in [5.74, 6) is -0.371. The summed E-state index contributed by atoms with van der Waals surface area (Å²) in [4.78, 5) is 12.0. The molecule has 0 aliphatic carbocycles. The van der Waals surface area contributed by atoms with Gasteiger partial charge in [-0.05, 0) is 50.5 Å². The predicted molar refractivity (Wildman–Crippen MR) is 76.1 cm³/mol. The fraction of sp³-hybridized carbons (Fsp3) is 0.533. The molecule has 0 saturated carbocycles. The monoisotopic (exact) mass is 265 g/mol. The second kappa shape index (κ2) is 7.14. The van der Waals surface area contributed by atoms with Crippen LogP contribution in [0.15, 0.2) is 12.1 Å². The van der Waals surface area contributed by atoms with Gasteiger partial charge in [0.15, 0.2) is 6.29 Å². The number of rotatable bonds is 6. The van der Waals surface area contributed by atoms with Crippen molar-refractivity contribution in [1.29, 1.82) is 0 Å². The predicted octanol–water partition coefficient (Wildman–Crippen LogP) is 3.21. The maximum Gasteiger partial charge on any atom is 0.340 e. The minimum atomic E-state index is -0.531. The average molecular weight is 265 g/mol. The van der Waals surface area contributed by atoms with Crippen LogP contribution in [0.4, 0.5) is 5.69 Å². The van der Waals surface area contributed by atoms with Crippen molar-refractivity contribution >= 4 is 11.7 Å². The highest BCUT2D eigenvalue weighted by molar-refractivity contribution is 5.92. The Bertz CT molecular complexity index is 443. The lowest BCUT2D eigenvalue weighted by Crippen LogP contribution is -2.19. The first kappa shape index (κ1) is 15.5. The first-order chi connectivity index (χ1) is 8.97. The molecule has 1 rings (SSSR count). The lowest BCUT2D eigenvalue weighted by atomic mass is 10.0. The fourth-order valence-corrected chi connectivity index (χ4v) is 1.70. The van der Waals surface area contributed by atoms with Crippen LogP contribution in [0.1, 0.15) is 48.2 Å². The number of ether oxygens (including phenoxy) is 2. The van der Waals surface area contributed by atoms with E-state index in [0.29, 0.717) is 17.9 Å². The van der Waals surface area contributed by atoms with Crippen molar-refractivity contribution in [3.8, 4) is 0 Å². The van der Waals surface area contributed by atoms with Crippen molar-refractivity contribution in [2.75, 3.05) is 12.3 Å². The maximum atomic E-state index is 12.0. The molecule has 0 aliphatic heterocycles. The summed E-state index contributed by atoms with van der Waals surface area (Å²) in [6, 6.07) is 3.42. The molecule has 1 aromatic rings. The van der Waals surface area contributed by atoms with E-state index in [4.69, 9.17) is 15.2 Å². The molecule has 0 saturated heterocycles. The summed E-state index contributed by atoms with van der Waals surface area (Å²) >= 11 is 0. The molecule has 0 fully saturated rings. The van der Waals surface area contributed by atoms with Crippen LogP contribution in [0.25, 0.3) is 0 Å². The van der Waals surface area contributed by atoms with E-state index in [1.165, 1.54) is 0 Å². The molecule has 0 radical (unpaired) electrons. The molecule has 0 bridgehead atoms. The largest absolute Gasteiger partial charge is 0.432 e. The first-order valence-corrected chi connectivity index (χ1v) is 6.65. The molecule has 0 aromatic heterocycles. The molecule has 106 valence electrons. The Labute approximate surface area is 114 Å². The third-order valence-electron chi connectivity index (χ3n) is 3.17. The van der Waals surface area contributed by atoms with Gasteiger partial charge >= 0.3 is 5.97 Å². The number of carbonyl (C=O) groups is 1.